The molecule has 2 N–H and O–H groups in total. The Hall–Kier alpha value is -2.16. The zero-order chi connectivity index (χ0) is 12.5. The number of halogens is 1. The third-order valence-electron chi connectivity index (χ3n) is 3.22. The third kappa shape index (κ3) is 1.88. The van der Waals surface area contributed by atoms with Gasteiger partial charge in [0.1, 0.15) is 11.7 Å². The van der Waals surface area contributed by atoms with Crippen LogP contribution in [0.5, 0.6) is 0 Å². The molecule has 2 nitrogen and oxygen atoms in total. The highest BCUT2D eigenvalue weighted by atomic mass is 19.1. The van der Waals surface area contributed by atoms with Crippen LogP contribution in [-0.2, 0) is 13.0 Å². The first-order valence-corrected chi connectivity index (χ1v) is 5.89. The third-order valence-corrected chi connectivity index (χ3v) is 3.22. The van der Waals surface area contributed by atoms with Crippen LogP contribution in [0.15, 0.2) is 47.5 Å². The summed E-state index contributed by atoms with van der Waals surface area (Å²) < 4.78 is 13.6. The second-order valence-corrected chi connectivity index (χ2v) is 4.46. The zero-order valence-electron chi connectivity index (χ0n) is 9.86. The van der Waals surface area contributed by atoms with E-state index >= 15 is 0 Å². The summed E-state index contributed by atoms with van der Waals surface area (Å²) in [4.78, 5) is 4.19. The van der Waals surface area contributed by atoms with Gasteiger partial charge in [0.05, 0.1) is 6.54 Å². The fraction of sp³-hybridized carbons (Fsp3) is 0.133. The van der Waals surface area contributed by atoms with Crippen molar-refractivity contribution in [3.05, 3.63) is 70.5 Å². The first-order valence-electron chi connectivity index (χ1n) is 5.89. The van der Waals surface area contributed by atoms with Gasteiger partial charge in [0.2, 0.25) is 0 Å². The van der Waals surface area contributed by atoms with Crippen LogP contribution < -0.4 is 5.73 Å². The SMILES string of the molecule is NC1=NCc2cc(Cc3ccccc3F)ccc21. The molecule has 0 aromatic heterocycles. The van der Waals surface area contributed by atoms with Gasteiger partial charge >= 0.3 is 0 Å². The first kappa shape index (κ1) is 11.0. The molecule has 3 rings (SSSR count). The van der Waals surface area contributed by atoms with E-state index in [1.54, 1.807) is 6.07 Å². The van der Waals surface area contributed by atoms with Crippen LogP contribution >= 0.6 is 0 Å². The fourth-order valence-electron chi connectivity index (χ4n) is 2.25. The van der Waals surface area contributed by atoms with Crippen molar-refractivity contribution in [3.63, 3.8) is 0 Å². The minimum absolute atomic E-state index is 0.159. The number of amidine groups is 1. The monoisotopic (exact) mass is 240 g/mol. The number of benzene rings is 2. The predicted molar refractivity (Wildman–Crippen MR) is 70.1 cm³/mol. The summed E-state index contributed by atoms with van der Waals surface area (Å²) in [5, 5.41) is 0. The standard InChI is InChI=1S/C15H13FN2/c16-14-4-2-1-3-11(14)7-10-5-6-13-12(8-10)9-18-15(13)17/h1-6,8H,7,9H2,(H2,17,18). The van der Waals surface area contributed by atoms with Crippen LogP contribution in [-0.4, -0.2) is 5.84 Å². The molecule has 0 unspecified atom stereocenters. The lowest BCUT2D eigenvalue weighted by Crippen LogP contribution is -2.10. The number of nitrogens with two attached hydrogens (primary N) is 1. The van der Waals surface area contributed by atoms with Crippen molar-refractivity contribution in [3.8, 4) is 0 Å². The average Bonchev–Trinajstić information content (AvgIpc) is 2.74. The van der Waals surface area contributed by atoms with E-state index in [-0.39, 0.29) is 5.82 Å². The summed E-state index contributed by atoms with van der Waals surface area (Å²) in [6.07, 6.45) is 0.597. The summed E-state index contributed by atoms with van der Waals surface area (Å²) in [5.41, 5.74) is 9.70. The van der Waals surface area contributed by atoms with Crippen LogP contribution in [0.4, 0.5) is 4.39 Å². The molecular weight excluding hydrogens is 227 g/mol. The number of hydrogen-bond donors (Lipinski definition) is 1. The van der Waals surface area contributed by atoms with Gasteiger partial charge in [-0.2, -0.15) is 0 Å². The highest BCUT2D eigenvalue weighted by molar-refractivity contribution is 6.00. The zero-order valence-corrected chi connectivity index (χ0v) is 9.86. The second kappa shape index (κ2) is 4.26. The Kier molecular flexibility index (Phi) is 2.59. The summed E-state index contributed by atoms with van der Waals surface area (Å²) in [5.74, 6) is 0.441. The number of aliphatic imine (C=N–C) groups is 1. The van der Waals surface area contributed by atoms with Gasteiger partial charge in [-0.25, -0.2) is 4.39 Å². The first-order chi connectivity index (χ1) is 8.74. The van der Waals surface area contributed by atoms with Gasteiger partial charge in [0.15, 0.2) is 0 Å². The molecule has 0 atom stereocenters. The molecule has 0 fully saturated rings. The van der Waals surface area contributed by atoms with Gasteiger partial charge in [0.25, 0.3) is 0 Å². The smallest absolute Gasteiger partial charge is 0.126 e. The molecule has 1 aliphatic heterocycles. The van der Waals surface area contributed by atoms with Crippen molar-refractivity contribution in [2.75, 3.05) is 0 Å². The summed E-state index contributed by atoms with van der Waals surface area (Å²) in [7, 11) is 0. The van der Waals surface area contributed by atoms with E-state index in [0.29, 0.717) is 24.4 Å². The van der Waals surface area contributed by atoms with Gasteiger partial charge in [-0.05, 0) is 22.8 Å². The maximum absolute atomic E-state index is 13.6. The molecule has 0 aliphatic carbocycles. The molecule has 1 heterocycles. The minimum atomic E-state index is -0.159. The predicted octanol–water partition coefficient (Wildman–Crippen LogP) is 2.64. The van der Waals surface area contributed by atoms with Crippen molar-refractivity contribution in [2.45, 2.75) is 13.0 Å². The molecule has 0 radical (unpaired) electrons. The Morgan fingerprint density at radius 3 is 2.83 bits per heavy atom. The Labute approximate surface area is 105 Å². The Morgan fingerprint density at radius 2 is 2.00 bits per heavy atom. The molecule has 1 aliphatic rings. The van der Waals surface area contributed by atoms with Gasteiger partial charge in [-0.1, -0.05) is 36.4 Å². The Bertz CT molecular complexity index is 632. The summed E-state index contributed by atoms with van der Waals surface area (Å²) in [6.45, 7) is 0.631. The van der Waals surface area contributed by atoms with E-state index in [2.05, 4.69) is 11.1 Å². The van der Waals surface area contributed by atoms with Crippen molar-refractivity contribution >= 4 is 5.84 Å². The van der Waals surface area contributed by atoms with Crippen molar-refractivity contribution in [2.24, 2.45) is 10.7 Å². The van der Waals surface area contributed by atoms with Crippen LogP contribution in [0.1, 0.15) is 22.3 Å². The molecule has 0 saturated heterocycles. The van der Waals surface area contributed by atoms with E-state index in [9.17, 15) is 4.39 Å². The number of nitrogens with zero attached hydrogens (tertiary/aromatic N) is 1. The molecular formula is C15H13FN2. The summed E-state index contributed by atoms with van der Waals surface area (Å²) in [6, 6.07) is 12.9. The molecule has 0 amide bonds. The van der Waals surface area contributed by atoms with E-state index in [1.807, 2.05) is 24.3 Å². The molecule has 90 valence electrons. The van der Waals surface area contributed by atoms with Crippen molar-refractivity contribution < 1.29 is 4.39 Å². The molecule has 2 aromatic carbocycles. The van der Waals surface area contributed by atoms with Crippen LogP contribution in [0, 0.1) is 5.82 Å². The molecule has 0 bridgehead atoms. The van der Waals surface area contributed by atoms with E-state index in [4.69, 9.17) is 5.73 Å². The van der Waals surface area contributed by atoms with E-state index in [1.165, 1.54) is 6.07 Å². The topological polar surface area (TPSA) is 38.4 Å². The lowest BCUT2D eigenvalue weighted by Gasteiger charge is -2.06. The highest BCUT2D eigenvalue weighted by Crippen LogP contribution is 2.21. The maximum Gasteiger partial charge on any atom is 0.126 e. The molecule has 0 saturated carbocycles. The highest BCUT2D eigenvalue weighted by Gasteiger charge is 2.13. The largest absolute Gasteiger partial charge is 0.383 e. The molecule has 0 spiro atoms. The Balaban J connectivity index is 1.90. The van der Waals surface area contributed by atoms with Crippen LogP contribution in [0.25, 0.3) is 0 Å². The van der Waals surface area contributed by atoms with Crippen molar-refractivity contribution in [1.29, 1.82) is 0 Å². The van der Waals surface area contributed by atoms with Crippen molar-refractivity contribution in [1.82, 2.24) is 0 Å². The number of rotatable bonds is 2. The number of hydrogen-bond acceptors (Lipinski definition) is 2. The van der Waals surface area contributed by atoms with Gasteiger partial charge in [0, 0.05) is 12.0 Å². The maximum atomic E-state index is 13.6. The number of fused-ring (bicyclic) bond motifs is 1. The lowest BCUT2D eigenvalue weighted by atomic mass is 10.00. The van der Waals surface area contributed by atoms with Crippen LogP contribution in [0.3, 0.4) is 0 Å². The van der Waals surface area contributed by atoms with Gasteiger partial charge in [-0.3, -0.25) is 4.99 Å². The fourth-order valence-corrected chi connectivity index (χ4v) is 2.25. The second-order valence-electron chi connectivity index (χ2n) is 4.46. The molecule has 2 aromatic rings. The van der Waals surface area contributed by atoms with Crippen LogP contribution in [0.2, 0.25) is 0 Å². The quantitative estimate of drug-likeness (QED) is 0.861. The average molecular weight is 240 g/mol. The van der Waals surface area contributed by atoms with Gasteiger partial charge < -0.3 is 5.73 Å². The van der Waals surface area contributed by atoms with E-state index < -0.39 is 0 Å². The van der Waals surface area contributed by atoms with Gasteiger partial charge in [-0.15, -0.1) is 0 Å². The molecule has 3 heteroatoms. The van der Waals surface area contributed by atoms with E-state index in [0.717, 1.165) is 16.7 Å². The lowest BCUT2D eigenvalue weighted by molar-refractivity contribution is 0.614. The Morgan fingerprint density at radius 1 is 1.17 bits per heavy atom. The molecule has 18 heavy (non-hydrogen) atoms. The normalized spacial score (nSPS) is 13.3. The minimum Gasteiger partial charge on any atom is -0.383 e. The summed E-state index contributed by atoms with van der Waals surface area (Å²) >= 11 is 0.